The van der Waals surface area contributed by atoms with E-state index in [1.54, 1.807) is 0 Å². The maximum Gasteiger partial charge on any atom is 0.231 e. The summed E-state index contributed by atoms with van der Waals surface area (Å²) in [5.74, 6) is 0.604. The molecule has 0 aliphatic heterocycles. The minimum atomic E-state index is 0.564. The first-order chi connectivity index (χ1) is 33.2. The first-order valence-electron chi connectivity index (χ1n) is 22.7. The fourth-order valence-corrected chi connectivity index (χ4v) is 9.60. The zero-order valence-corrected chi connectivity index (χ0v) is 36.6. The molecule has 3 heteroatoms. The van der Waals surface area contributed by atoms with Crippen LogP contribution in [0.5, 0.6) is 0 Å². The van der Waals surface area contributed by atoms with Crippen LogP contribution in [0.15, 0.2) is 259 Å². The van der Waals surface area contributed by atoms with Crippen LogP contribution in [0.25, 0.3) is 123 Å². The predicted octanol–water partition coefficient (Wildman–Crippen LogP) is 17.4. The van der Waals surface area contributed by atoms with Crippen molar-refractivity contribution in [3.05, 3.63) is 255 Å². The Hall–Kier alpha value is -8.92. The van der Waals surface area contributed by atoms with E-state index >= 15 is 0 Å². The van der Waals surface area contributed by atoms with E-state index in [1.165, 1.54) is 27.8 Å². The molecule has 0 fully saturated rings. The Morgan fingerprint density at radius 2 is 0.672 bits per heavy atom. The van der Waals surface area contributed by atoms with E-state index in [0.29, 0.717) is 11.5 Å². The number of benzene rings is 10. The Kier molecular flexibility index (Phi) is 10.2. The van der Waals surface area contributed by atoms with Gasteiger partial charge in [-0.25, -0.2) is 4.98 Å². The summed E-state index contributed by atoms with van der Waals surface area (Å²) in [6.45, 7) is 0. The van der Waals surface area contributed by atoms with Gasteiger partial charge in [-0.3, -0.25) is 0 Å². The van der Waals surface area contributed by atoms with Gasteiger partial charge in [-0.15, -0.1) is 0 Å². The molecular weight excluding hydrogens is 813 g/mol. The van der Waals surface area contributed by atoms with Crippen LogP contribution in [-0.4, -0.2) is 9.97 Å². The van der Waals surface area contributed by atoms with E-state index in [4.69, 9.17) is 14.4 Å². The van der Waals surface area contributed by atoms with Crippen molar-refractivity contribution in [2.24, 2.45) is 0 Å². The molecule has 2 aromatic heterocycles. The summed E-state index contributed by atoms with van der Waals surface area (Å²) in [7, 11) is 0. The number of fused-ring (bicyclic) bond motifs is 3. The highest BCUT2D eigenvalue weighted by Gasteiger charge is 2.24. The van der Waals surface area contributed by atoms with Crippen molar-refractivity contribution in [1.29, 1.82) is 0 Å². The lowest BCUT2D eigenvalue weighted by Gasteiger charge is -2.24. The second-order valence-electron chi connectivity index (χ2n) is 16.8. The number of hydrogen-bond donors (Lipinski definition) is 0. The molecule has 0 aliphatic rings. The lowest BCUT2D eigenvalue weighted by atomic mass is 9.78. The van der Waals surface area contributed by atoms with E-state index in [9.17, 15) is 0 Å². The van der Waals surface area contributed by atoms with Gasteiger partial charge in [-0.2, -0.15) is 4.98 Å². The molecule has 0 radical (unpaired) electrons. The van der Waals surface area contributed by atoms with Crippen LogP contribution in [0.2, 0.25) is 0 Å². The third-order valence-electron chi connectivity index (χ3n) is 12.7. The third kappa shape index (κ3) is 7.49. The summed E-state index contributed by atoms with van der Waals surface area (Å²) in [6, 6.07) is 90.4. The average molecular weight is 855 g/mol. The van der Waals surface area contributed by atoms with Crippen molar-refractivity contribution < 1.29 is 4.42 Å². The fraction of sp³-hybridized carbons (Fsp3) is 0. The van der Waals surface area contributed by atoms with Gasteiger partial charge in [0.15, 0.2) is 5.82 Å². The maximum atomic E-state index is 6.49. The van der Waals surface area contributed by atoms with E-state index in [2.05, 4.69) is 231 Å². The molecule has 67 heavy (non-hydrogen) atoms. The normalized spacial score (nSPS) is 11.3. The quantitative estimate of drug-likeness (QED) is 0.145. The van der Waals surface area contributed by atoms with Gasteiger partial charge < -0.3 is 4.42 Å². The highest BCUT2D eigenvalue weighted by Crippen LogP contribution is 2.50. The van der Waals surface area contributed by atoms with Crippen LogP contribution in [0.3, 0.4) is 0 Å². The monoisotopic (exact) mass is 854 g/mol. The first kappa shape index (κ1) is 39.7. The van der Waals surface area contributed by atoms with Crippen molar-refractivity contribution in [2.45, 2.75) is 0 Å². The van der Waals surface area contributed by atoms with Gasteiger partial charge in [-0.05, 0) is 108 Å². The highest BCUT2D eigenvalue weighted by atomic mass is 16.3. The Bertz CT molecular complexity index is 3710. The van der Waals surface area contributed by atoms with Crippen LogP contribution in [0.1, 0.15) is 0 Å². The Balaban J connectivity index is 1.04. The van der Waals surface area contributed by atoms with Crippen LogP contribution >= 0.6 is 0 Å². The molecule has 314 valence electrons. The molecule has 12 rings (SSSR count). The molecule has 12 aromatic rings. The van der Waals surface area contributed by atoms with Gasteiger partial charge in [0, 0.05) is 16.5 Å². The standard InChI is InChI=1S/C64H42N2O/c1-6-21-43(22-7-1)48-31-19-35-52(40-48)62-61-54-37-16-17-38-57(54)67-64(61)66-63(65-62)53-36-20-33-50(41-53)49-32-18-34-51(39-49)56-42-55(44-23-8-2-9-24-44)58(45-25-10-3-11-26-45)60(47-29-14-5-15-30-47)59(56)46-27-12-4-13-28-46/h1-42H. The maximum absolute atomic E-state index is 6.49. The summed E-state index contributed by atoms with van der Waals surface area (Å²) in [6.07, 6.45) is 0. The SMILES string of the molecule is c1ccc(-c2cccc(-c3nc(-c4cccc(-c5cccc(-c6cc(-c7ccccc7)c(-c7ccccc7)c(-c7ccccc7)c6-c6ccccc6)c5)c4)nc4oc5ccccc5c34)c2)cc1. The third-order valence-corrected chi connectivity index (χ3v) is 12.7. The second kappa shape index (κ2) is 17.2. The number of hydrogen-bond acceptors (Lipinski definition) is 3. The van der Waals surface area contributed by atoms with Gasteiger partial charge >= 0.3 is 0 Å². The Morgan fingerprint density at radius 1 is 0.269 bits per heavy atom. The molecule has 0 saturated heterocycles. The lowest BCUT2D eigenvalue weighted by Crippen LogP contribution is -1.98. The van der Waals surface area contributed by atoms with Crippen molar-refractivity contribution >= 4 is 22.1 Å². The summed E-state index contributed by atoms with van der Waals surface area (Å²) in [5.41, 5.74) is 20.2. The Morgan fingerprint density at radius 3 is 1.27 bits per heavy atom. The van der Waals surface area contributed by atoms with Crippen molar-refractivity contribution in [3.8, 4) is 101 Å². The van der Waals surface area contributed by atoms with Gasteiger partial charge in [-0.1, -0.05) is 224 Å². The van der Waals surface area contributed by atoms with Gasteiger partial charge in [0.1, 0.15) is 5.58 Å². The molecule has 0 aliphatic carbocycles. The van der Waals surface area contributed by atoms with Crippen LogP contribution < -0.4 is 0 Å². The molecule has 0 N–H and O–H groups in total. The summed E-state index contributed by atoms with van der Waals surface area (Å²) in [5, 5.41) is 1.90. The molecule has 0 spiro atoms. The molecule has 10 aromatic carbocycles. The lowest BCUT2D eigenvalue weighted by molar-refractivity contribution is 0.653. The number of para-hydroxylation sites is 1. The summed E-state index contributed by atoms with van der Waals surface area (Å²) in [4.78, 5) is 10.5. The van der Waals surface area contributed by atoms with Crippen molar-refractivity contribution in [1.82, 2.24) is 9.97 Å². The molecule has 2 heterocycles. The first-order valence-corrected chi connectivity index (χ1v) is 22.7. The molecule has 0 saturated carbocycles. The minimum Gasteiger partial charge on any atom is -0.438 e. The zero-order chi connectivity index (χ0) is 44.5. The highest BCUT2D eigenvalue weighted by molar-refractivity contribution is 6.11. The van der Waals surface area contributed by atoms with E-state index in [1.807, 2.05) is 24.3 Å². The van der Waals surface area contributed by atoms with Gasteiger partial charge in [0.2, 0.25) is 5.71 Å². The van der Waals surface area contributed by atoms with Crippen LogP contribution in [0, 0.1) is 0 Å². The second-order valence-corrected chi connectivity index (χ2v) is 16.8. The van der Waals surface area contributed by atoms with E-state index in [-0.39, 0.29) is 0 Å². The van der Waals surface area contributed by atoms with Crippen molar-refractivity contribution in [3.63, 3.8) is 0 Å². The molecule has 3 nitrogen and oxygen atoms in total. The molecule has 0 atom stereocenters. The van der Waals surface area contributed by atoms with Gasteiger partial charge in [0.05, 0.1) is 11.1 Å². The number of rotatable bonds is 9. The minimum absolute atomic E-state index is 0.564. The van der Waals surface area contributed by atoms with Crippen LogP contribution in [-0.2, 0) is 0 Å². The molecular formula is C64H42N2O. The predicted molar refractivity (Wildman–Crippen MR) is 278 cm³/mol. The topological polar surface area (TPSA) is 38.9 Å². The van der Waals surface area contributed by atoms with Crippen LogP contribution in [0.4, 0.5) is 0 Å². The molecule has 0 bridgehead atoms. The summed E-state index contributed by atoms with van der Waals surface area (Å²) < 4.78 is 6.49. The summed E-state index contributed by atoms with van der Waals surface area (Å²) >= 11 is 0. The molecule has 0 amide bonds. The fourth-order valence-electron chi connectivity index (χ4n) is 9.60. The largest absolute Gasteiger partial charge is 0.438 e. The number of furan rings is 1. The number of aromatic nitrogens is 2. The Labute approximate surface area is 390 Å². The zero-order valence-electron chi connectivity index (χ0n) is 36.6. The van der Waals surface area contributed by atoms with Crippen molar-refractivity contribution in [2.75, 3.05) is 0 Å². The number of nitrogens with zero attached hydrogens (tertiary/aromatic N) is 2. The average Bonchev–Trinajstić information content (AvgIpc) is 3.80. The van der Waals surface area contributed by atoms with E-state index < -0.39 is 0 Å². The van der Waals surface area contributed by atoms with E-state index in [0.717, 1.165) is 83.2 Å². The van der Waals surface area contributed by atoms with Gasteiger partial charge in [0.25, 0.3) is 0 Å². The molecule has 0 unspecified atom stereocenters. The smallest absolute Gasteiger partial charge is 0.231 e.